The lowest BCUT2D eigenvalue weighted by Gasteiger charge is -2.41. The van der Waals surface area contributed by atoms with Crippen molar-refractivity contribution in [2.24, 2.45) is 0 Å². The van der Waals surface area contributed by atoms with Gasteiger partial charge in [-0.05, 0) is 51.4 Å². The van der Waals surface area contributed by atoms with E-state index in [-0.39, 0.29) is 12.8 Å². The normalized spacial score (nSPS) is 22.6. The standard InChI is InChI=1S/C46H81O13P/c1-3-5-7-9-11-13-15-17-19-20-21-23-25-27-29-31-33-35-40(48)58-38(37-57-60(54,55)59-46-44(52)42(50)41(49)43(51)45(46)53)36-56-39(47)34-32-30-28-26-24-22-18-16-14-12-10-8-6-4-2/h11,13,17,19,21,23,27,29,38,41-46,49-53H,3-10,12,14-16,18,20,22,24-26,28,30-37H2,1-2H3,(H,54,55)/b13-11-,19-17-,23-21-,29-27-/t38-,41?,42-,43+,44-,45-,46?/m1/s1. The molecule has 348 valence electrons. The minimum atomic E-state index is -5.13. The lowest BCUT2D eigenvalue weighted by molar-refractivity contribution is -0.220. The van der Waals surface area contributed by atoms with E-state index in [1.165, 1.54) is 83.5 Å². The average molecular weight is 873 g/mol. The number of esters is 2. The van der Waals surface area contributed by atoms with Crippen LogP contribution in [0.25, 0.3) is 0 Å². The van der Waals surface area contributed by atoms with Crippen molar-refractivity contribution in [3.05, 3.63) is 48.6 Å². The molecule has 0 radical (unpaired) electrons. The highest BCUT2D eigenvalue weighted by molar-refractivity contribution is 7.47. The van der Waals surface area contributed by atoms with Gasteiger partial charge in [-0.15, -0.1) is 0 Å². The second-order valence-electron chi connectivity index (χ2n) is 15.9. The molecule has 1 fully saturated rings. The SMILES string of the molecule is CCCCC/C=C\C/C=C\C/C=C\C/C=C\CCCC(=O)O[C@H](COC(=O)CCCCCCCCCCCCCCCC)COP(=O)(O)OC1[C@H](O)[C@H](O)C(O)[C@H](O)[C@H]1O. The fraction of sp³-hybridized carbons (Fsp3) is 0.783. The topological polar surface area (TPSA) is 210 Å². The molecule has 1 aliphatic carbocycles. The molecule has 6 N–H and O–H groups in total. The molecule has 1 rings (SSSR count). The number of phosphoric ester groups is 1. The third-order valence-electron chi connectivity index (χ3n) is 10.4. The minimum absolute atomic E-state index is 0.0212. The molecule has 3 unspecified atom stereocenters. The zero-order valence-corrected chi connectivity index (χ0v) is 37.6. The largest absolute Gasteiger partial charge is 0.472 e. The van der Waals surface area contributed by atoms with Crippen molar-refractivity contribution in [1.82, 2.24) is 0 Å². The number of aliphatic hydroxyl groups excluding tert-OH is 5. The number of carbonyl (C=O) groups excluding carboxylic acids is 2. The minimum Gasteiger partial charge on any atom is -0.462 e. The Morgan fingerprint density at radius 3 is 1.42 bits per heavy atom. The van der Waals surface area contributed by atoms with E-state index < -0.39 is 75.7 Å². The van der Waals surface area contributed by atoms with Gasteiger partial charge in [0, 0.05) is 12.8 Å². The molecule has 0 aliphatic heterocycles. The van der Waals surface area contributed by atoms with E-state index in [9.17, 15) is 44.6 Å². The second-order valence-corrected chi connectivity index (χ2v) is 17.3. The van der Waals surface area contributed by atoms with Crippen LogP contribution in [0.3, 0.4) is 0 Å². The summed E-state index contributed by atoms with van der Waals surface area (Å²) < 4.78 is 33.4. The van der Waals surface area contributed by atoms with Crippen LogP contribution < -0.4 is 0 Å². The summed E-state index contributed by atoms with van der Waals surface area (Å²) >= 11 is 0. The van der Waals surface area contributed by atoms with E-state index in [4.69, 9.17) is 18.5 Å². The molecule has 0 aromatic rings. The van der Waals surface area contributed by atoms with Crippen molar-refractivity contribution in [3.63, 3.8) is 0 Å². The van der Waals surface area contributed by atoms with E-state index in [0.717, 1.165) is 44.9 Å². The number of rotatable bonds is 37. The van der Waals surface area contributed by atoms with Gasteiger partial charge in [0.25, 0.3) is 0 Å². The Hall–Kier alpha value is -2.19. The molecule has 0 amide bonds. The van der Waals surface area contributed by atoms with E-state index in [2.05, 4.69) is 50.3 Å². The number of carbonyl (C=O) groups is 2. The van der Waals surface area contributed by atoms with Gasteiger partial charge >= 0.3 is 19.8 Å². The van der Waals surface area contributed by atoms with Crippen molar-refractivity contribution in [2.45, 2.75) is 217 Å². The van der Waals surface area contributed by atoms with Gasteiger partial charge in [-0.2, -0.15) is 0 Å². The molecule has 0 spiro atoms. The molecule has 0 aromatic heterocycles. The van der Waals surface area contributed by atoms with Crippen LogP contribution in [0.1, 0.15) is 174 Å². The van der Waals surface area contributed by atoms with Crippen LogP contribution in [-0.4, -0.2) is 98.3 Å². The smallest absolute Gasteiger partial charge is 0.462 e. The fourth-order valence-electron chi connectivity index (χ4n) is 6.69. The molecule has 0 saturated heterocycles. The fourth-order valence-corrected chi connectivity index (χ4v) is 7.66. The van der Waals surface area contributed by atoms with Gasteiger partial charge in [-0.1, -0.05) is 159 Å². The van der Waals surface area contributed by atoms with E-state index in [1.54, 1.807) is 0 Å². The quantitative estimate of drug-likeness (QED) is 0.0149. The zero-order valence-electron chi connectivity index (χ0n) is 36.7. The molecular weight excluding hydrogens is 791 g/mol. The van der Waals surface area contributed by atoms with Crippen molar-refractivity contribution in [1.29, 1.82) is 0 Å². The third kappa shape index (κ3) is 28.4. The number of phosphoric acid groups is 1. The molecule has 1 aliphatic rings. The van der Waals surface area contributed by atoms with Crippen LogP contribution in [0.2, 0.25) is 0 Å². The summed E-state index contributed by atoms with van der Waals surface area (Å²) in [6.45, 7) is 3.22. The molecule has 60 heavy (non-hydrogen) atoms. The van der Waals surface area contributed by atoms with E-state index >= 15 is 0 Å². The number of ether oxygens (including phenoxy) is 2. The Kier molecular flexibility index (Phi) is 33.8. The van der Waals surface area contributed by atoms with E-state index in [0.29, 0.717) is 19.3 Å². The van der Waals surface area contributed by atoms with Gasteiger partial charge in [0.05, 0.1) is 6.61 Å². The first kappa shape index (κ1) is 55.8. The average Bonchev–Trinajstić information content (AvgIpc) is 3.23. The summed E-state index contributed by atoms with van der Waals surface area (Å²) in [5.41, 5.74) is 0. The number of hydrogen-bond acceptors (Lipinski definition) is 12. The highest BCUT2D eigenvalue weighted by Crippen LogP contribution is 2.47. The van der Waals surface area contributed by atoms with Gasteiger partial charge in [0.15, 0.2) is 6.10 Å². The van der Waals surface area contributed by atoms with Gasteiger partial charge in [-0.3, -0.25) is 18.6 Å². The Bertz CT molecular complexity index is 1240. The summed E-state index contributed by atoms with van der Waals surface area (Å²) in [5.74, 6) is -1.16. The highest BCUT2D eigenvalue weighted by atomic mass is 31.2. The molecule has 0 bridgehead atoms. The van der Waals surface area contributed by atoms with Gasteiger partial charge in [-0.25, -0.2) is 4.57 Å². The van der Waals surface area contributed by atoms with E-state index in [1.807, 2.05) is 12.2 Å². The number of unbranched alkanes of at least 4 members (excludes halogenated alkanes) is 17. The molecule has 0 aromatic carbocycles. The summed E-state index contributed by atoms with van der Waals surface area (Å²) in [4.78, 5) is 35.6. The Labute approximate surface area is 360 Å². The van der Waals surface area contributed by atoms with Crippen LogP contribution in [0.4, 0.5) is 0 Å². The lowest BCUT2D eigenvalue weighted by Crippen LogP contribution is -2.64. The first-order valence-electron chi connectivity index (χ1n) is 22.9. The first-order valence-corrected chi connectivity index (χ1v) is 24.4. The molecule has 14 heteroatoms. The zero-order chi connectivity index (χ0) is 44.3. The molecule has 1 saturated carbocycles. The second kappa shape index (κ2) is 36.3. The summed E-state index contributed by atoms with van der Waals surface area (Å²) in [6.07, 6.45) is 28.9. The van der Waals surface area contributed by atoms with Crippen LogP contribution in [0.5, 0.6) is 0 Å². The Morgan fingerprint density at radius 2 is 0.917 bits per heavy atom. The van der Waals surface area contributed by atoms with Crippen LogP contribution >= 0.6 is 7.82 Å². The Morgan fingerprint density at radius 1 is 0.517 bits per heavy atom. The van der Waals surface area contributed by atoms with Crippen LogP contribution in [0.15, 0.2) is 48.6 Å². The van der Waals surface area contributed by atoms with Gasteiger partial charge in [0.1, 0.15) is 43.2 Å². The maximum absolute atomic E-state index is 12.8. The predicted octanol–water partition coefficient (Wildman–Crippen LogP) is 8.78. The van der Waals surface area contributed by atoms with Crippen molar-refractivity contribution in [2.75, 3.05) is 13.2 Å². The van der Waals surface area contributed by atoms with Gasteiger partial charge in [0.2, 0.25) is 0 Å². The number of hydrogen-bond donors (Lipinski definition) is 6. The van der Waals surface area contributed by atoms with Gasteiger partial charge < -0.3 is 39.9 Å². The van der Waals surface area contributed by atoms with Crippen LogP contribution in [0, 0.1) is 0 Å². The molecule has 0 heterocycles. The number of allylic oxidation sites excluding steroid dienone is 8. The van der Waals surface area contributed by atoms with Crippen molar-refractivity contribution < 1.29 is 63.1 Å². The molecular formula is C46H81O13P. The molecule has 8 atom stereocenters. The Balaban J connectivity index is 2.51. The molecule has 13 nitrogen and oxygen atoms in total. The summed E-state index contributed by atoms with van der Waals surface area (Å²) in [6, 6.07) is 0. The third-order valence-corrected chi connectivity index (χ3v) is 11.4. The van der Waals surface area contributed by atoms with Crippen LogP contribution in [-0.2, 0) is 32.7 Å². The summed E-state index contributed by atoms with van der Waals surface area (Å²) in [7, 11) is -5.13. The maximum Gasteiger partial charge on any atom is 0.472 e. The van der Waals surface area contributed by atoms with Crippen molar-refractivity contribution >= 4 is 19.8 Å². The maximum atomic E-state index is 12.8. The summed E-state index contributed by atoms with van der Waals surface area (Å²) in [5, 5.41) is 50.1. The highest BCUT2D eigenvalue weighted by Gasteiger charge is 2.51. The van der Waals surface area contributed by atoms with Crippen molar-refractivity contribution in [3.8, 4) is 0 Å². The monoisotopic (exact) mass is 873 g/mol. The predicted molar refractivity (Wildman–Crippen MR) is 235 cm³/mol. The first-order chi connectivity index (χ1) is 28.9. The number of aliphatic hydroxyl groups is 5. The lowest BCUT2D eigenvalue weighted by atomic mass is 9.85.